The summed E-state index contributed by atoms with van der Waals surface area (Å²) in [5.41, 5.74) is -0.201. The molecule has 0 amide bonds. The molecule has 0 bridgehead atoms. The molecule has 1 unspecified atom stereocenters. The number of hydrogen-bond acceptors (Lipinski definition) is 2. The number of aliphatic hydroxyl groups is 1. The van der Waals surface area contributed by atoms with E-state index in [-0.39, 0.29) is 11.7 Å². The lowest BCUT2D eigenvalue weighted by atomic mass is 9.79. The summed E-state index contributed by atoms with van der Waals surface area (Å²) in [6.07, 6.45) is 10.5. The molecule has 0 spiro atoms. The van der Waals surface area contributed by atoms with Crippen molar-refractivity contribution < 1.29 is 9.84 Å². The van der Waals surface area contributed by atoms with Gasteiger partial charge in [0.2, 0.25) is 0 Å². The van der Waals surface area contributed by atoms with Crippen LogP contribution in [0.1, 0.15) is 57.8 Å². The largest absolute Gasteiger partial charge is 0.390 e. The highest BCUT2D eigenvalue weighted by molar-refractivity contribution is 4.91. The van der Waals surface area contributed by atoms with Gasteiger partial charge in [0.25, 0.3) is 0 Å². The van der Waals surface area contributed by atoms with E-state index < -0.39 is 0 Å². The summed E-state index contributed by atoms with van der Waals surface area (Å²) in [6.45, 7) is 0. The van der Waals surface area contributed by atoms with Crippen LogP contribution in [0.4, 0.5) is 0 Å². The first kappa shape index (κ1) is 11.4. The van der Waals surface area contributed by atoms with Crippen molar-refractivity contribution in [2.45, 2.75) is 69.5 Å². The molecule has 1 atom stereocenters. The molecule has 2 aliphatic carbocycles. The third-order valence-electron chi connectivity index (χ3n) is 4.26. The van der Waals surface area contributed by atoms with E-state index >= 15 is 0 Å². The molecule has 2 saturated carbocycles. The average molecular weight is 212 g/mol. The van der Waals surface area contributed by atoms with Crippen LogP contribution in [-0.4, -0.2) is 23.9 Å². The SMILES string of the molecule is COC1(C(O)CCC2CC2)CCCCC1. The Kier molecular flexibility index (Phi) is 3.68. The zero-order valence-electron chi connectivity index (χ0n) is 9.87. The third-order valence-corrected chi connectivity index (χ3v) is 4.26. The zero-order valence-corrected chi connectivity index (χ0v) is 9.87. The van der Waals surface area contributed by atoms with Crippen molar-refractivity contribution >= 4 is 0 Å². The molecule has 0 aromatic carbocycles. The Morgan fingerprint density at radius 1 is 1.27 bits per heavy atom. The molecule has 0 aliphatic heterocycles. The predicted molar refractivity (Wildman–Crippen MR) is 60.8 cm³/mol. The van der Waals surface area contributed by atoms with Crippen LogP contribution in [0.15, 0.2) is 0 Å². The van der Waals surface area contributed by atoms with Gasteiger partial charge in [-0.25, -0.2) is 0 Å². The van der Waals surface area contributed by atoms with Gasteiger partial charge in [-0.15, -0.1) is 0 Å². The Labute approximate surface area is 93.0 Å². The van der Waals surface area contributed by atoms with Gasteiger partial charge in [-0.05, 0) is 31.6 Å². The Morgan fingerprint density at radius 3 is 2.47 bits per heavy atom. The van der Waals surface area contributed by atoms with E-state index in [1.807, 2.05) is 0 Å². The molecule has 2 fully saturated rings. The van der Waals surface area contributed by atoms with E-state index in [4.69, 9.17) is 4.74 Å². The van der Waals surface area contributed by atoms with Crippen molar-refractivity contribution in [2.24, 2.45) is 5.92 Å². The van der Waals surface area contributed by atoms with Gasteiger partial charge in [0, 0.05) is 7.11 Å². The Bertz CT molecular complexity index is 193. The molecule has 0 saturated heterocycles. The maximum absolute atomic E-state index is 10.3. The first-order chi connectivity index (χ1) is 7.27. The second-order valence-corrected chi connectivity index (χ2v) is 5.37. The lowest BCUT2D eigenvalue weighted by Crippen LogP contribution is -2.45. The van der Waals surface area contributed by atoms with Crippen LogP contribution < -0.4 is 0 Å². The molecule has 2 aliphatic rings. The van der Waals surface area contributed by atoms with E-state index in [0.29, 0.717) is 0 Å². The van der Waals surface area contributed by atoms with Crippen LogP contribution in [-0.2, 0) is 4.74 Å². The monoisotopic (exact) mass is 212 g/mol. The lowest BCUT2D eigenvalue weighted by Gasteiger charge is -2.40. The average Bonchev–Trinajstić information content (AvgIpc) is 3.10. The molecule has 88 valence electrons. The van der Waals surface area contributed by atoms with Crippen molar-refractivity contribution in [1.29, 1.82) is 0 Å². The molecule has 2 nitrogen and oxygen atoms in total. The van der Waals surface area contributed by atoms with Crippen LogP contribution in [0.5, 0.6) is 0 Å². The van der Waals surface area contributed by atoms with Gasteiger partial charge >= 0.3 is 0 Å². The maximum atomic E-state index is 10.3. The predicted octanol–water partition coefficient (Wildman–Crippen LogP) is 2.89. The summed E-state index contributed by atoms with van der Waals surface area (Å²) in [5.74, 6) is 0.914. The minimum Gasteiger partial charge on any atom is -0.390 e. The molecule has 0 radical (unpaired) electrons. The minimum atomic E-state index is -0.233. The summed E-state index contributed by atoms with van der Waals surface area (Å²) < 4.78 is 5.64. The first-order valence-electron chi connectivity index (χ1n) is 6.50. The van der Waals surface area contributed by atoms with E-state index in [0.717, 1.165) is 25.2 Å². The number of aliphatic hydroxyl groups excluding tert-OH is 1. The first-order valence-corrected chi connectivity index (χ1v) is 6.50. The number of rotatable bonds is 5. The van der Waals surface area contributed by atoms with Crippen molar-refractivity contribution in [3.8, 4) is 0 Å². The van der Waals surface area contributed by atoms with E-state index in [9.17, 15) is 5.11 Å². The molecular formula is C13H24O2. The summed E-state index contributed by atoms with van der Waals surface area (Å²) in [7, 11) is 1.77. The highest BCUT2D eigenvalue weighted by atomic mass is 16.5. The third kappa shape index (κ3) is 2.73. The highest BCUT2D eigenvalue weighted by Crippen LogP contribution is 2.39. The van der Waals surface area contributed by atoms with Crippen LogP contribution in [0, 0.1) is 5.92 Å². The van der Waals surface area contributed by atoms with Gasteiger partial charge in [-0.1, -0.05) is 32.1 Å². The fourth-order valence-corrected chi connectivity index (χ4v) is 2.89. The second-order valence-electron chi connectivity index (χ2n) is 5.37. The van der Waals surface area contributed by atoms with E-state index in [1.165, 1.54) is 38.5 Å². The maximum Gasteiger partial charge on any atom is 0.0936 e. The van der Waals surface area contributed by atoms with Gasteiger partial charge < -0.3 is 9.84 Å². The second kappa shape index (κ2) is 4.84. The summed E-state index contributed by atoms with van der Waals surface area (Å²) in [5, 5.41) is 10.3. The van der Waals surface area contributed by atoms with E-state index in [1.54, 1.807) is 7.11 Å². The molecule has 15 heavy (non-hydrogen) atoms. The molecular weight excluding hydrogens is 188 g/mol. The van der Waals surface area contributed by atoms with Crippen LogP contribution in [0.2, 0.25) is 0 Å². The fraction of sp³-hybridized carbons (Fsp3) is 1.00. The topological polar surface area (TPSA) is 29.5 Å². The van der Waals surface area contributed by atoms with Crippen LogP contribution >= 0.6 is 0 Å². The number of ether oxygens (including phenoxy) is 1. The number of methoxy groups -OCH3 is 1. The van der Waals surface area contributed by atoms with Gasteiger partial charge in [-0.2, -0.15) is 0 Å². The van der Waals surface area contributed by atoms with E-state index in [2.05, 4.69) is 0 Å². The lowest BCUT2D eigenvalue weighted by molar-refractivity contribution is -0.125. The quantitative estimate of drug-likeness (QED) is 0.759. The van der Waals surface area contributed by atoms with Gasteiger partial charge in [0.1, 0.15) is 0 Å². The standard InChI is InChI=1S/C13H24O2/c1-15-13(9-3-2-4-10-13)12(14)8-7-11-5-6-11/h11-12,14H,2-10H2,1H3. The Hall–Kier alpha value is -0.0800. The molecule has 0 aromatic rings. The molecule has 0 heterocycles. The summed E-state index contributed by atoms with van der Waals surface area (Å²) in [4.78, 5) is 0. The Morgan fingerprint density at radius 2 is 1.93 bits per heavy atom. The molecule has 2 heteroatoms. The minimum absolute atomic E-state index is 0.201. The highest BCUT2D eigenvalue weighted by Gasteiger charge is 2.39. The van der Waals surface area contributed by atoms with Gasteiger partial charge in [0.05, 0.1) is 11.7 Å². The van der Waals surface area contributed by atoms with Gasteiger partial charge in [0.15, 0.2) is 0 Å². The molecule has 1 N–H and O–H groups in total. The van der Waals surface area contributed by atoms with Crippen LogP contribution in [0.3, 0.4) is 0 Å². The van der Waals surface area contributed by atoms with Crippen molar-refractivity contribution in [3.63, 3.8) is 0 Å². The summed E-state index contributed by atoms with van der Waals surface area (Å²) >= 11 is 0. The van der Waals surface area contributed by atoms with Crippen LogP contribution in [0.25, 0.3) is 0 Å². The zero-order chi connectivity index (χ0) is 10.7. The van der Waals surface area contributed by atoms with Crippen molar-refractivity contribution in [1.82, 2.24) is 0 Å². The van der Waals surface area contributed by atoms with Gasteiger partial charge in [-0.3, -0.25) is 0 Å². The van der Waals surface area contributed by atoms with Crippen molar-refractivity contribution in [3.05, 3.63) is 0 Å². The number of hydrogen-bond donors (Lipinski definition) is 1. The fourth-order valence-electron chi connectivity index (χ4n) is 2.89. The Balaban J connectivity index is 1.84. The normalized spacial score (nSPS) is 27.6. The smallest absolute Gasteiger partial charge is 0.0936 e. The van der Waals surface area contributed by atoms with Crippen molar-refractivity contribution in [2.75, 3.05) is 7.11 Å². The summed E-state index contributed by atoms with van der Waals surface area (Å²) in [6, 6.07) is 0. The molecule has 2 rings (SSSR count). The molecule has 0 aromatic heterocycles.